The molecular weight excluding hydrogens is 530 g/mol. The van der Waals surface area contributed by atoms with Crippen LogP contribution in [0.2, 0.25) is 0 Å². The van der Waals surface area contributed by atoms with E-state index >= 15 is 0 Å². The van der Waals surface area contributed by atoms with Gasteiger partial charge in [0, 0.05) is 16.3 Å². The lowest BCUT2D eigenvalue weighted by molar-refractivity contribution is -0.144. The van der Waals surface area contributed by atoms with Crippen LogP contribution in [0.5, 0.6) is 17.2 Å². The maximum absolute atomic E-state index is 13.5. The maximum atomic E-state index is 13.5. The first-order valence-corrected chi connectivity index (χ1v) is 12.3. The molecular formula is C27H34BrNO7. The molecule has 0 radical (unpaired) electrons. The van der Waals surface area contributed by atoms with Crippen LogP contribution in [-0.4, -0.2) is 56.5 Å². The standard InChI is InChI=1S/C27H34BrNO7/c1-7-35-26(32)20(14-29-24(15-30)27(2,3)4)25(31)19-12-23(22(34-6)13-21(19)28)36-16-17-8-10-18(33-5)11-9-17/h8-14,20,24,30H,7,15-16H2,1-6H3/t20?,24-/m1/s1. The third-order valence-corrected chi connectivity index (χ3v) is 6.14. The molecule has 9 heteroatoms. The molecule has 0 spiro atoms. The second-order valence-electron chi connectivity index (χ2n) is 9.08. The summed E-state index contributed by atoms with van der Waals surface area (Å²) in [5, 5.41) is 9.73. The van der Waals surface area contributed by atoms with Crippen LogP contribution in [0.15, 0.2) is 45.9 Å². The Bertz CT molecular complexity index is 1060. The number of hydrogen-bond acceptors (Lipinski definition) is 8. The zero-order valence-corrected chi connectivity index (χ0v) is 23.1. The monoisotopic (exact) mass is 563 g/mol. The van der Waals surface area contributed by atoms with Gasteiger partial charge < -0.3 is 24.1 Å². The van der Waals surface area contributed by atoms with E-state index in [2.05, 4.69) is 20.9 Å². The molecule has 0 aliphatic carbocycles. The van der Waals surface area contributed by atoms with E-state index in [1.165, 1.54) is 19.4 Å². The number of nitrogens with zero attached hydrogens (tertiary/aromatic N) is 1. The van der Waals surface area contributed by atoms with E-state index in [1.807, 2.05) is 45.0 Å². The van der Waals surface area contributed by atoms with E-state index in [0.29, 0.717) is 16.0 Å². The van der Waals surface area contributed by atoms with E-state index in [4.69, 9.17) is 18.9 Å². The molecule has 0 amide bonds. The predicted octanol–water partition coefficient (Wildman–Crippen LogP) is 4.89. The van der Waals surface area contributed by atoms with E-state index in [9.17, 15) is 14.7 Å². The van der Waals surface area contributed by atoms with Crippen LogP contribution in [0, 0.1) is 11.3 Å². The minimum Gasteiger partial charge on any atom is -0.497 e. The van der Waals surface area contributed by atoms with Crippen molar-refractivity contribution in [3.8, 4) is 17.2 Å². The molecule has 0 fully saturated rings. The molecule has 0 aromatic heterocycles. The van der Waals surface area contributed by atoms with E-state index < -0.39 is 23.7 Å². The van der Waals surface area contributed by atoms with E-state index in [-0.39, 0.29) is 30.8 Å². The highest BCUT2D eigenvalue weighted by atomic mass is 79.9. The lowest BCUT2D eigenvalue weighted by Crippen LogP contribution is -2.32. The summed E-state index contributed by atoms with van der Waals surface area (Å²) in [6, 6.07) is 10.0. The zero-order valence-electron chi connectivity index (χ0n) is 21.5. The van der Waals surface area contributed by atoms with Gasteiger partial charge in [0.1, 0.15) is 12.4 Å². The summed E-state index contributed by atoms with van der Waals surface area (Å²) in [6.07, 6.45) is 1.26. The number of benzene rings is 2. The van der Waals surface area contributed by atoms with Gasteiger partial charge in [-0.05, 0) is 58.1 Å². The van der Waals surface area contributed by atoms with Crippen LogP contribution in [0.25, 0.3) is 0 Å². The van der Waals surface area contributed by atoms with Gasteiger partial charge in [-0.3, -0.25) is 14.6 Å². The number of ether oxygens (including phenoxy) is 4. The molecule has 1 unspecified atom stereocenters. The maximum Gasteiger partial charge on any atom is 0.322 e. The van der Waals surface area contributed by atoms with Gasteiger partial charge >= 0.3 is 5.97 Å². The Labute approximate surface area is 220 Å². The highest BCUT2D eigenvalue weighted by Gasteiger charge is 2.31. The van der Waals surface area contributed by atoms with Crippen molar-refractivity contribution in [2.75, 3.05) is 27.4 Å². The van der Waals surface area contributed by atoms with Gasteiger partial charge in [-0.15, -0.1) is 0 Å². The van der Waals surface area contributed by atoms with Crippen LogP contribution >= 0.6 is 15.9 Å². The van der Waals surface area contributed by atoms with Crippen LogP contribution in [0.1, 0.15) is 43.6 Å². The van der Waals surface area contributed by atoms with Crippen molar-refractivity contribution in [1.82, 2.24) is 0 Å². The number of halogens is 1. The minimum absolute atomic E-state index is 0.110. The summed E-state index contributed by atoms with van der Waals surface area (Å²) in [5.41, 5.74) is 0.736. The SMILES string of the molecule is CCOC(=O)C(C=N[C@H](CO)C(C)(C)C)C(=O)c1cc(OCc2ccc(OC)cc2)c(OC)cc1Br. The van der Waals surface area contributed by atoms with Crippen molar-refractivity contribution in [3.63, 3.8) is 0 Å². The number of ketones is 1. The Kier molecular flexibility index (Phi) is 10.9. The van der Waals surface area contributed by atoms with Gasteiger partial charge in [-0.1, -0.05) is 32.9 Å². The average Bonchev–Trinajstić information content (AvgIpc) is 2.84. The van der Waals surface area contributed by atoms with Crippen LogP contribution in [0.3, 0.4) is 0 Å². The highest BCUT2D eigenvalue weighted by Crippen LogP contribution is 2.35. The minimum atomic E-state index is -1.29. The van der Waals surface area contributed by atoms with Gasteiger partial charge in [0.25, 0.3) is 0 Å². The first-order valence-electron chi connectivity index (χ1n) is 11.5. The Morgan fingerprint density at radius 3 is 2.28 bits per heavy atom. The lowest BCUT2D eigenvalue weighted by Gasteiger charge is -2.25. The number of aliphatic hydroxyl groups is 1. The molecule has 0 saturated carbocycles. The Morgan fingerprint density at radius 1 is 1.08 bits per heavy atom. The van der Waals surface area contributed by atoms with Gasteiger partial charge in [0.2, 0.25) is 0 Å². The predicted molar refractivity (Wildman–Crippen MR) is 141 cm³/mol. The van der Waals surface area contributed by atoms with Crippen LogP contribution in [0.4, 0.5) is 0 Å². The number of Topliss-reactive ketones (excluding diaryl/α,β-unsaturated/α-hetero) is 1. The third-order valence-electron chi connectivity index (χ3n) is 5.48. The molecule has 0 aliphatic heterocycles. The van der Waals surface area contributed by atoms with Crippen molar-refractivity contribution in [2.24, 2.45) is 16.3 Å². The number of esters is 1. The van der Waals surface area contributed by atoms with E-state index in [0.717, 1.165) is 11.3 Å². The fraction of sp³-hybridized carbons (Fsp3) is 0.444. The largest absolute Gasteiger partial charge is 0.497 e. The van der Waals surface area contributed by atoms with Crippen molar-refractivity contribution in [3.05, 3.63) is 52.0 Å². The highest BCUT2D eigenvalue weighted by molar-refractivity contribution is 9.10. The number of aliphatic imine (C=N–C) groups is 1. The lowest BCUT2D eigenvalue weighted by atomic mass is 9.87. The number of methoxy groups -OCH3 is 2. The third kappa shape index (κ3) is 7.80. The smallest absolute Gasteiger partial charge is 0.322 e. The fourth-order valence-corrected chi connectivity index (χ4v) is 3.77. The zero-order chi connectivity index (χ0) is 26.9. The summed E-state index contributed by atoms with van der Waals surface area (Å²) in [4.78, 5) is 30.6. The molecule has 2 aromatic carbocycles. The molecule has 0 saturated heterocycles. The Morgan fingerprint density at radius 2 is 1.75 bits per heavy atom. The fourth-order valence-electron chi connectivity index (χ4n) is 3.25. The van der Waals surface area contributed by atoms with Crippen molar-refractivity contribution >= 4 is 33.9 Å². The Hall–Kier alpha value is -2.91. The normalized spacial score (nSPS) is 13.2. The molecule has 8 nitrogen and oxygen atoms in total. The van der Waals surface area contributed by atoms with E-state index in [1.54, 1.807) is 20.1 Å². The molecule has 0 heterocycles. The molecule has 0 bridgehead atoms. The summed E-state index contributed by atoms with van der Waals surface area (Å²) in [5.74, 6) is -1.05. The summed E-state index contributed by atoms with van der Waals surface area (Å²) in [6.45, 7) is 7.52. The molecule has 1 N–H and O–H groups in total. The van der Waals surface area contributed by atoms with Crippen LogP contribution in [-0.2, 0) is 16.1 Å². The van der Waals surface area contributed by atoms with Gasteiger partial charge in [-0.25, -0.2) is 0 Å². The van der Waals surface area contributed by atoms with Crippen molar-refractivity contribution in [1.29, 1.82) is 0 Å². The molecule has 2 rings (SSSR count). The summed E-state index contributed by atoms with van der Waals surface area (Å²) in [7, 11) is 3.09. The topological polar surface area (TPSA) is 104 Å². The van der Waals surface area contributed by atoms with Crippen molar-refractivity contribution in [2.45, 2.75) is 40.3 Å². The van der Waals surface area contributed by atoms with Crippen LogP contribution < -0.4 is 14.2 Å². The number of aliphatic hydroxyl groups excluding tert-OH is 1. The number of rotatable bonds is 12. The van der Waals surface area contributed by atoms with Gasteiger partial charge in [0.15, 0.2) is 23.2 Å². The second kappa shape index (κ2) is 13.4. The summed E-state index contributed by atoms with van der Waals surface area (Å²) >= 11 is 3.41. The second-order valence-corrected chi connectivity index (χ2v) is 9.93. The molecule has 2 atom stereocenters. The first-order chi connectivity index (χ1) is 17.0. The summed E-state index contributed by atoms with van der Waals surface area (Å²) < 4.78 is 22.1. The molecule has 2 aromatic rings. The quantitative estimate of drug-likeness (QED) is 0.170. The average molecular weight is 564 g/mol. The molecule has 196 valence electrons. The van der Waals surface area contributed by atoms with Gasteiger partial charge in [0.05, 0.1) is 33.5 Å². The first kappa shape index (κ1) is 29.3. The number of carbonyl (C=O) groups excluding carboxylic acids is 2. The molecule has 0 aliphatic rings. The number of hydrogen-bond donors (Lipinski definition) is 1. The Balaban J connectivity index is 2.39. The van der Waals surface area contributed by atoms with Gasteiger partial charge in [-0.2, -0.15) is 0 Å². The molecule has 36 heavy (non-hydrogen) atoms. The van der Waals surface area contributed by atoms with Crippen molar-refractivity contribution < 1.29 is 33.6 Å². The number of carbonyl (C=O) groups is 2.